The number of aromatic nitrogens is 2. The third-order valence-corrected chi connectivity index (χ3v) is 2.84. The third kappa shape index (κ3) is 4.60. The molecule has 6 nitrogen and oxygen atoms in total. The SMILES string of the molecule is CC(=O)c1cccn1/C=C(/OC(=O)OC(C)(C)C)c1ccc[nH]1. The van der Waals surface area contributed by atoms with Gasteiger partial charge in [-0.25, -0.2) is 4.79 Å². The molecule has 0 bridgehead atoms. The molecule has 122 valence electrons. The summed E-state index contributed by atoms with van der Waals surface area (Å²) in [5.74, 6) is 0.164. The van der Waals surface area contributed by atoms with Crippen molar-refractivity contribution in [2.75, 3.05) is 0 Å². The summed E-state index contributed by atoms with van der Waals surface area (Å²) in [6.45, 7) is 6.74. The standard InChI is InChI=1S/C17H20N2O4/c1-12(20)14-8-6-10-19(14)11-15(13-7-5-9-18-13)22-16(21)23-17(2,3)4/h5-11,18H,1-4H3/b15-11+. The molecule has 23 heavy (non-hydrogen) atoms. The molecule has 0 aliphatic carbocycles. The fourth-order valence-corrected chi connectivity index (χ4v) is 1.93. The van der Waals surface area contributed by atoms with Gasteiger partial charge in [-0.1, -0.05) is 0 Å². The van der Waals surface area contributed by atoms with Gasteiger partial charge in [0.25, 0.3) is 0 Å². The average Bonchev–Trinajstić information content (AvgIpc) is 3.06. The van der Waals surface area contributed by atoms with Crippen LogP contribution in [0.25, 0.3) is 12.0 Å². The van der Waals surface area contributed by atoms with E-state index in [0.29, 0.717) is 11.4 Å². The van der Waals surface area contributed by atoms with Gasteiger partial charge in [0.15, 0.2) is 11.5 Å². The summed E-state index contributed by atoms with van der Waals surface area (Å²) in [6.07, 6.45) is 4.17. The quantitative estimate of drug-likeness (QED) is 0.527. The predicted octanol–water partition coefficient (Wildman–Crippen LogP) is 3.93. The van der Waals surface area contributed by atoms with Crippen LogP contribution in [0.15, 0.2) is 36.7 Å². The van der Waals surface area contributed by atoms with Crippen molar-refractivity contribution in [3.63, 3.8) is 0 Å². The van der Waals surface area contributed by atoms with Crippen LogP contribution in [0.3, 0.4) is 0 Å². The van der Waals surface area contributed by atoms with E-state index in [4.69, 9.17) is 9.47 Å². The lowest BCUT2D eigenvalue weighted by molar-refractivity contribution is 0.0148. The average molecular weight is 316 g/mol. The highest BCUT2D eigenvalue weighted by Crippen LogP contribution is 2.19. The Kier molecular flexibility index (Phi) is 4.74. The summed E-state index contributed by atoms with van der Waals surface area (Å²) in [4.78, 5) is 26.5. The van der Waals surface area contributed by atoms with Gasteiger partial charge >= 0.3 is 6.16 Å². The van der Waals surface area contributed by atoms with Crippen LogP contribution in [0.2, 0.25) is 0 Å². The van der Waals surface area contributed by atoms with Crippen molar-refractivity contribution in [3.05, 3.63) is 48.0 Å². The lowest BCUT2D eigenvalue weighted by Gasteiger charge is -2.19. The van der Waals surface area contributed by atoms with Crippen LogP contribution < -0.4 is 0 Å². The Morgan fingerprint density at radius 3 is 2.52 bits per heavy atom. The highest BCUT2D eigenvalue weighted by molar-refractivity contribution is 5.94. The molecule has 0 saturated heterocycles. The van der Waals surface area contributed by atoms with E-state index >= 15 is 0 Å². The summed E-state index contributed by atoms with van der Waals surface area (Å²) in [7, 11) is 0. The van der Waals surface area contributed by atoms with Gasteiger partial charge in [-0.3, -0.25) is 4.79 Å². The zero-order chi connectivity index (χ0) is 17.0. The molecule has 6 heteroatoms. The van der Waals surface area contributed by atoms with Crippen LogP contribution in [0.1, 0.15) is 43.9 Å². The van der Waals surface area contributed by atoms with Gasteiger partial charge in [0.05, 0.1) is 17.6 Å². The Hall–Kier alpha value is -2.76. The minimum Gasteiger partial charge on any atom is -0.428 e. The molecule has 2 heterocycles. The number of ether oxygens (including phenoxy) is 2. The van der Waals surface area contributed by atoms with Gasteiger partial charge in [-0.2, -0.15) is 0 Å². The number of aromatic amines is 1. The second-order valence-corrected chi connectivity index (χ2v) is 6.00. The van der Waals surface area contributed by atoms with Crippen molar-refractivity contribution in [3.8, 4) is 0 Å². The maximum Gasteiger partial charge on any atom is 0.514 e. The third-order valence-electron chi connectivity index (χ3n) is 2.84. The molecule has 2 aromatic heterocycles. The number of nitrogens with zero attached hydrogens (tertiary/aromatic N) is 1. The smallest absolute Gasteiger partial charge is 0.428 e. The number of H-pyrrole nitrogens is 1. The largest absolute Gasteiger partial charge is 0.514 e. The lowest BCUT2D eigenvalue weighted by Crippen LogP contribution is -2.24. The highest BCUT2D eigenvalue weighted by atomic mass is 16.7. The molecule has 2 aromatic rings. The molecule has 0 amide bonds. The monoisotopic (exact) mass is 316 g/mol. The normalized spacial score (nSPS) is 12.1. The molecule has 0 aliphatic heterocycles. The molecule has 0 aliphatic rings. The van der Waals surface area contributed by atoms with Gasteiger partial charge in [0.2, 0.25) is 0 Å². The van der Waals surface area contributed by atoms with Gasteiger partial charge < -0.3 is 19.0 Å². The highest BCUT2D eigenvalue weighted by Gasteiger charge is 2.20. The van der Waals surface area contributed by atoms with E-state index < -0.39 is 11.8 Å². The number of nitrogens with one attached hydrogen (secondary N) is 1. The van der Waals surface area contributed by atoms with Crippen LogP contribution in [0, 0.1) is 0 Å². The van der Waals surface area contributed by atoms with E-state index in [1.54, 1.807) is 68.2 Å². The molecule has 0 saturated carbocycles. The van der Waals surface area contributed by atoms with Crippen molar-refractivity contribution in [2.45, 2.75) is 33.3 Å². The van der Waals surface area contributed by atoms with Crippen LogP contribution in [0.4, 0.5) is 4.79 Å². The fourth-order valence-electron chi connectivity index (χ4n) is 1.93. The van der Waals surface area contributed by atoms with Gasteiger partial charge in [-0.05, 0) is 45.0 Å². The number of carbonyl (C=O) groups is 2. The number of carbonyl (C=O) groups excluding carboxylic acids is 2. The van der Waals surface area contributed by atoms with Crippen molar-refractivity contribution < 1.29 is 19.1 Å². The second kappa shape index (κ2) is 6.56. The molecule has 0 spiro atoms. The Labute approximate surface area is 134 Å². The second-order valence-electron chi connectivity index (χ2n) is 6.00. The number of Topliss-reactive ketones (excluding diaryl/α,β-unsaturated/α-hetero) is 1. The van der Waals surface area contributed by atoms with Crippen molar-refractivity contribution in [1.29, 1.82) is 0 Å². The lowest BCUT2D eigenvalue weighted by atomic mass is 10.2. The molecule has 0 fully saturated rings. The van der Waals surface area contributed by atoms with E-state index in [-0.39, 0.29) is 11.5 Å². The predicted molar refractivity (Wildman–Crippen MR) is 86.7 cm³/mol. The summed E-state index contributed by atoms with van der Waals surface area (Å²) < 4.78 is 12.1. The molecular formula is C17H20N2O4. The zero-order valence-corrected chi connectivity index (χ0v) is 13.6. The van der Waals surface area contributed by atoms with E-state index in [1.807, 2.05) is 0 Å². The minimum absolute atomic E-state index is 0.0886. The fraction of sp³-hybridized carbons (Fsp3) is 0.294. The maximum absolute atomic E-state index is 11.9. The summed E-state index contributed by atoms with van der Waals surface area (Å²) in [5.41, 5.74) is 0.427. The first-order valence-electron chi connectivity index (χ1n) is 7.20. The summed E-state index contributed by atoms with van der Waals surface area (Å²) in [5, 5.41) is 0. The van der Waals surface area contributed by atoms with Crippen LogP contribution in [-0.4, -0.2) is 27.1 Å². The first-order valence-corrected chi connectivity index (χ1v) is 7.20. The van der Waals surface area contributed by atoms with Gasteiger partial charge in [0, 0.05) is 19.3 Å². The van der Waals surface area contributed by atoms with E-state index in [2.05, 4.69) is 4.98 Å². The first kappa shape index (κ1) is 16.6. The number of ketones is 1. The molecule has 2 rings (SSSR count). The van der Waals surface area contributed by atoms with Crippen LogP contribution in [-0.2, 0) is 9.47 Å². The van der Waals surface area contributed by atoms with Crippen molar-refractivity contribution in [1.82, 2.24) is 9.55 Å². The Bertz CT molecular complexity index is 718. The topological polar surface area (TPSA) is 73.3 Å². The molecular weight excluding hydrogens is 296 g/mol. The van der Waals surface area contributed by atoms with Crippen LogP contribution >= 0.6 is 0 Å². The van der Waals surface area contributed by atoms with Crippen LogP contribution in [0.5, 0.6) is 0 Å². The first-order chi connectivity index (χ1) is 10.8. The Balaban J connectivity index is 2.32. The Morgan fingerprint density at radius 2 is 1.96 bits per heavy atom. The van der Waals surface area contributed by atoms with Gasteiger partial charge in [-0.15, -0.1) is 0 Å². The molecule has 0 unspecified atom stereocenters. The molecule has 0 aromatic carbocycles. The van der Waals surface area contributed by atoms with E-state index in [9.17, 15) is 9.59 Å². The number of hydrogen-bond acceptors (Lipinski definition) is 4. The van der Waals surface area contributed by atoms with E-state index in [1.165, 1.54) is 6.92 Å². The summed E-state index contributed by atoms with van der Waals surface area (Å²) in [6, 6.07) is 6.97. The minimum atomic E-state index is -0.810. The van der Waals surface area contributed by atoms with Gasteiger partial charge in [0.1, 0.15) is 5.60 Å². The zero-order valence-electron chi connectivity index (χ0n) is 13.6. The molecule has 0 radical (unpaired) electrons. The van der Waals surface area contributed by atoms with E-state index in [0.717, 1.165) is 0 Å². The maximum atomic E-state index is 11.9. The summed E-state index contributed by atoms with van der Waals surface area (Å²) >= 11 is 0. The van der Waals surface area contributed by atoms with Crippen molar-refractivity contribution in [2.24, 2.45) is 0 Å². The molecule has 0 atom stereocenters. The number of rotatable bonds is 4. The molecule has 1 N–H and O–H groups in total. The number of hydrogen-bond donors (Lipinski definition) is 1. The van der Waals surface area contributed by atoms with Crippen molar-refractivity contribution >= 4 is 23.9 Å². The Morgan fingerprint density at radius 1 is 1.22 bits per heavy atom.